The molecule has 0 atom stereocenters. The van der Waals surface area contributed by atoms with Crippen LogP contribution in [0.15, 0.2) is 24.3 Å². The average molecular weight is 339 g/mol. The Morgan fingerprint density at radius 1 is 0.667 bits per heavy atom. The monoisotopic (exact) mass is 338 g/mol. The minimum atomic E-state index is -0.145. The summed E-state index contributed by atoms with van der Waals surface area (Å²) in [4.78, 5) is 0. The zero-order valence-corrected chi connectivity index (χ0v) is 15.1. The number of aryl methyl sites for hydroxylation is 1. The number of benzene rings is 1. The van der Waals surface area contributed by atoms with Gasteiger partial charge in [-0.05, 0) is 37.0 Å². The molecule has 0 amide bonds. The summed E-state index contributed by atoms with van der Waals surface area (Å²) in [5.74, 6) is -0.145. The summed E-state index contributed by atoms with van der Waals surface area (Å²) < 4.78 is 18.0. The number of rotatable bonds is 16. The van der Waals surface area contributed by atoms with Gasteiger partial charge in [0.25, 0.3) is 0 Å². The molecule has 0 saturated carbocycles. The third-order valence-corrected chi connectivity index (χ3v) is 4.40. The Bertz CT molecular complexity index is 378. The normalized spacial score (nSPS) is 11.1. The van der Waals surface area contributed by atoms with Crippen LogP contribution in [-0.2, 0) is 11.2 Å². The first-order valence-electron chi connectivity index (χ1n) is 9.76. The lowest BCUT2D eigenvalue weighted by molar-refractivity contribution is 0.0895. The van der Waals surface area contributed by atoms with Crippen molar-refractivity contribution >= 4 is 0 Å². The van der Waals surface area contributed by atoms with Gasteiger partial charge in [-0.2, -0.15) is 0 Å². The van der Waals surface area contributed by atoms with Gasteiger partial charge in [0, 0.05) is 6.61 Å². The second kappa shape index (κ2) is 15.6. The number of aliphatic hydroxyl groups is 1. The van der Waals surface area contributed by atoms with Gasteiger partial charge in [0.05, 0.1) is 13.2 Å². The van der Waals surface area contributed by atoms with Gasteiger partial charge in [-0.3, -0.25) is 0 Å². The molecule has 0 aromatic heterocycles. The van der Waals surface area contributed by atoms with Crippen molar-refractivity contribution in [3.63, 3.8) is 0 Å². The molecule has 1 rings (SSSR count). The van der Waals surface area contributed by atoms with Crippen molar-refractivity contribution in [2.24, 2.45) is 0 Å². The Morgan fingerprint density at radius 3 is 1.71 bits per heavy atom. The van der Waals surface area contributed by atoms with Crippen LogP contribution in [0.3, 0.4) is 0 Å². The van der Waals surface area contributed by atoms with Crippen LogP contribution in [0, 0.1) is 5.82 Å². The Labute approximate surface area is 147 Å². The van der Waals surface area contributed by atoms with Gasteiger partial charge >= 0.3 is 0 Å². The summed E-state index contributed by atoms with van der Waals surface area (Å²) in [5, 5.41) is 8.58. The van der Waals surface area contributed by atoms with Crippen molar-refractivity contribution in [1.29, 1.82) is 0 Å². The van der Waals surface area contributed by atoms with Crippen LogP contribution >= 0.6 is 0 Å². The fraction of sp³-hybridized carbons (Fsp3) is 0.714. The van der Waals surface area contributed by atoms with Crippen LogP contribution in [0.4, 0.5) is 4.39 Å². The van der Waals surface area contributed by atoms with Gasteiger partial charge in [-0.25, -0.2) is 4.39 Å². The summed E-state index contributed by atoms with van der Waals surface area (Å²) >= 11 is 0. The molecule has 0 fully saturated rings. The number of ether oxygens (including phenoxy) is 1. The molecule has 0 radical (unpaired) electrons. The van der Waals surface area contributed by atoms with Gasteiger partial charge in [-0.15, -0.1) is 0 Å². The molecule has 2 nitrogen and oxygen atoms in total. The molecule has 0 spiro atoms. The standard InChI is InChI=1S/C21H35FO2/c22-21-15-13-20(14-16-21)12-10-8-6-4-2-1-3-5-7-9-11-18-24-19-17-23/h13-16,23H,1-12,17-19H2. The van der Waals surface area contributed by atoms with Crippen LogP contribution in [0.1, 0.15) is 76.2 Å². The quantitative estimate of drug-likeness (QED) is 0.394. The minimum Gasteiger partial charge on any atom is -0.394 e. The average Bonchev–Trinajstić information content (AvgIpc) is 2.60. The lowest BCUT2D eigenvalue weighted by atomic mass is 10.0. The highest BCUT2D eigenvalue weighted by molar-refractivity contribution is 5.15. The molecule has 0 aliphatic carbocycles. The molecule has 3 heteroatoms. The second-order valence-corrected chi connectivity index (χ2v) is 6.60. The summed E-state index contributed by atoms with van der Waals surface area (Å²) in [5.41, 5.74) is 1.25. The van der Waals surface area contributed by atoms with Crippen LogP contribution in [0.2, 0.25) is 0 Å². The Balaban J connectivity index is 1.75. The van der Waals surface area contributed by atoms with E-state index in [0.29, 0.717) is 6.61 Å². The maximum atomic E-state index is 12.8. The molecule has 0 unspecified atom stereocenters. The Morgan fingerprint density at radius 2 is 1.17 bits per heavy atom. The van der Waals surface area contributed by atoms with Gasteiger partial charge < -0.3 is 9.84 Å². The van der Waals surface area contributed by atoms with Crippen molar-refractivity contribution in [2.75, 3.05) is 19.8 Å². The topological polar surface area (TPSA) is 29.5 Å². The number of hydrogen-bond acceptors (Lipinski definition) is 2. The second-order valence-electron chi connectivity index (χ2n) is 6.60. The molecular weight excluding hydrogens is 303 g/mol. The SMILES string of the molecule is OCCOCCCCCCCCCCCCCc1ccc(F)cc1. The van der Waals surface area contributed by atoms with Crippen molar-refractivity contribution in [2.45, 2.75) is 77.0 Å². The predicted molar refractivity (Wildman–Crippen MR) is 98.8 cm³/mol. The van der Waals surface area contributed by atoms with E-state index in [1.807, 2.05) is 12.1 Å². The molecule has 1 N–H and O–H groups in total. The van der Waals surface area contributed by atoms with E-state index in [4.69, 9.17) is 9.84 Å². The van der Waals surface area contributed by atoms with Crippen LogP contribution in [-0.4, -0.2) is 24.9 Å². The van der Waals surface area contributed by atoms with E-state index >= 15 is 0 Å². The fourth-order valence-corrected chi connectivity index (χ4v) is 2.94. The highest BCUT2D eigenvalue weighted by Crippen LogP contribution is 2.13. The summed E-state index contributed by atoms with van der Waals surface area (Å²) in [7, 11) is 0. The highest BCUT2D eigenvalue weighted by atomic mass is 19.1. The smallest absolute Gasteiger partial charge is 0.123 e. The summed E-state index contributed by atoms with van der Waals surface area (Å²) in [6.45, 7) is 1.40. The molecule has 1 aromatic carbocycles. The van der Waals surface area contributed by atoms with E-state index < -0.39 is 0 Å². The third-order valence-electron chi connectivity index (χ3n) is 4.40. The van der Waals surface area contributed by atoms with Gasteiger partial charge in [0.15, 0.2) is 0 Å². The van der Waals surface area contributed by atoms with Gasteiger partial charge in [0.1, 0.15) is 5.82 Å². The largest absolute Gasteiger partial charge is 0.394 e. The van der Waals surface area contributed by atoms with Gasteiger partial charge in [-0.1, -0.05) is 69.9 Å². The van der Waals surface area contributed by atoms with E-state index in [9.17, 15) is 4.39 Å². The molecule has 0 bridgehead atoms. The number of hydrogen-bond donors (Lipinski definition) is 1. The zero-order chi connectivity index (χ0) is 17.3. The minimum absolute atomic E-state index is 0.131. The van der Waals surface area contributed by atoms with Gasteiger partial charge in [0.2, 0.25) is 0 Å². The van der Waals surface area contributed by atoms with Crippen LogP contribution < -0.4 is 0 Å². The molecule has 0 heterocycles. The Hall–Kier alpha value is -0.930. The first kappa shape index (κ1) is 21.1. The first-order valence-corrected chi connectivity index (χ1v) is 9.76. The summed E-state index contributed by atoms with van der Waals surface area (Å²) in [6, 6.07) is 6.90. The molecular formula is C21H35FO2. The van der Waals surface area contributed by atoms with E-state index in [1.165, 1.54) is 69.8 Å². The molecule has 138 valence electrons. The van der Waals surface area contributed by atoms with Crippen LogP contribution in [0.25, 0.3) is 0 Å². The highest BCUT2D eigenvalue weighted by Gasteiger charge is 1.96. The van der Waals surface area contributed by atoms with Crippen LogP contribution in [0.5, 0.6) is 0 Å². The molecule has 0 aliphatic rings. The van der Waals surface area contributed by atoms with Crippen molar-refractivity contribution in [1.82, 2.24) is 0 Å². The summed E-state index contributed by atoms with van der Waals surface area (Å²) in [6.07, 6.45) is 15.3. The van der Waals surface area contributed by atoms with E-state index in [1.54, 1.807) is 12.1 Å². The number of unbranched alkanes of at least 4 members (excludes halogenated alkanes) is 10. The third kappa shape index (κ3) is 12.5. The van der Waals surface area contributed by atoms with Crippen molar-refractivity contribution in [3.05, 3.63) is 35.6 Å². The number of aliphatic hydroxyl groups excluding tert-OH is 1. The van der Waals surface area contributed by atoms with Crippen molar-refractivity contribution < 1.29 is 14.2 Å². The van der Waals surface area contributed by atoms with Crippen molar-refractivity contribution in [3.8, 4) is 0 Å². The molecule has 0 saturated heterocycles. The molecule has 24 heavy (non-hydrogen) atoms. The maximum absolute atomic E-state index is 12.8. The first-order chi connectivity index (χ1) is 11.8. The molecule has 0 aliphatic heterocycles. The number of halogens is 1. The fourth-order valence-electron chi connectivity index (χ4n) is 2.94. The molecule has 1 aromatic rings. The Kier molecular flexibility index (Phi) is 13.7. The van der Waals surface area contributed by atoms with E-state index in [2.05, 4.69) is 0 Å². The lowest BCUT2D eigenvalue weighted by Gasteiger charge is -2.04. The van der Waals surface area contributed by atoms with E-state index in [-0.39, 0.29) is 12.4 Å². The lowest BCUT2D eigenvalue weighted by Crippen LogP contribution is -2.00. The van der Waals surface area contributed by atoms with E-state index in [0.717, 1.165) is 19.4 Å². The predicted octanol–water partition coefficient (Wildman–Crippen LogP) is 5.67. The maximum Gasteiger partial charge on any atom is 0.123 e. The zero-order valence-electron chi connectivity index (χ0n) is 15.1.